The number of imide groups is 1. The number of carbonyl (C=O) groups is 3. The van der Waals surface area contributed by atoms with Gasteiger partial charge in [0, 0.05) is 21.3 Å². The zero-order valence-corrected chi connectivity index (χ0v) is 21.2. The second kappa shape index (κ2) is 8.33. The van der Waals surface area contributed by atoms with Gasteiger partial charge in [-0.3, -0.25) is 14.4 Å². The minimum Gasteiger partial charge on any atom is -0.358 e. The van der Waals surface area contributed by atoms with Crippen LogP contribution in [-0.2, 0) is 9.59 Å². The van der Waals surface area contributed by atoms with Crippen LogP contribution in [0.25, 0.3) is 6.08 Å². The molecule has 3 aliphatic rings. The molecule has 0 unspecified atom stereocenters. The van der Waals surface area contributed by atoms with Crippen molar-refractivity contribution in [1.82, 2.24) is 4.90 Å². The van der Waals surface area contributed by atoms with E-state index in [1.165, 1.54) is 11.0 Å². The minimum absolute atomic E-state index is 0.213. The third kappa shape index (κ3) is 3.39. The molecule has 3 aromatic carbocycles. The van der Waals surface area contributed by atoms with E-state index in [1.54, 1.807) is 36.4 Å². The summed E-state index contributed by atoms with van der Waals surface area (Å²) in [4.78, 5) is 44.7. The molecule has 2 fully saturated rings. The molecule has 3 heterocycles. The lowest BCUT2D eigenvalue weighted by Crippen LogP contribution is -2.44. The summed E-state index contributed by atoms with van der Waals surface area (Å²) in [6.45, 7) is 0. The highest BCUT2D eigenvalue weighted by Gasteiger charge is 2.64. The number of hydrogen-bond donors (Lipinski definition) is 0. The van der Waals surface area contributed by atoms with Crippen LogP contribution in [0.15, 0.2) is 77.4 Å². The Kier molecular flexibility index (Phi) is 5.36. The monoisotopic (exact) mass is 566 g/mol. The van der Waals surface area contributed by atoms with Crippen molar-refractivity contribution in [3.8, 4) is 0 Å². The Morgan fingerprint density at radius 3 is 2.34 bits per heavy atom. The summed E-state index contributed by atoms with van der Waals surface area (Å²) < 4.78 is 0.837. The zero-order chi connectivity index (χ0) is 24.4. The second-order valence-electron chi connectivity index (χ2n) is 8.81. The summed E-state index contributed by atoms with van der Waals surface area (Å²) in [5.74, 6) is -2.57. The molecular formula is C27H17BrCl2N2O3. The van der Waals surface area contributed by atoms with Gasteiger partial charge in [-0.1, -0.05) is 63.4 Å². The zero-order valence-electron chi connectivity index (χ0n) is 18.1. The maximum Gasteiger partial charge on any atom is 0.240 e. The van der Waals surface area contributed by atoms with Crippen LogP contribution < -0.4 is 4.90 Å². The van der Waals surface area contributed by atoms with Crippen molar-refractivity contribution in [1.29, 1.82) is 0 Å². The highest BCUT2D eigenvalue weighted by atomic mass is 79.9. The molecule has 0 radical (unpaired) electrons. The summed E-state index contributed by atoms with van der Waals surface area (Å²) in [7, 11) is 0. The van der Waals surface area contributed by atoms with E-state index in [0.717, 1.165) is 15.6 Å². The standard InChI is InChI=1S/C27H17BrCl2N2O3/c28-15-5-8-17(9-6-15)32-26(34)21-22(27(32)35)24(25(33)19-10-7-16(29)13-20(19)30)31-12-11-14-3-1-2-4-18(14)23(21)31/h1-13,21-24H/t21-,22-,23+,24+/m1/s1. The molecule has 0 saturated carbocycles. The van der Waals surface area contributed by atoms with Crippen LogP contribution in [0.1, 0.15) is 27.5 Å². The van der Waals surface area contributed by atoms with Gasteiger partial charge in [0.1, 0.15) is 6.04 Å². The van der Waals surface area contributed by atoms with Gasteiger partial charge in [0.05, 0.1) is 28.6 Å². The molecule has 6 rings (SSSR count). The van der Waals surface area contributed by atoms with E-state index >= 15 is 0 Å². The predicted octanol–water partition coefficient (Wildman–Crippen LogP) is 6.15. The number of Topliss-reactive ketones (excluding diaryl/α,β-unsaturated/α-hetero) is 1. The molecule has 35 heavy (non-hydrogen) atoms. The van der Waals surface area contributed by atoms with Crippen LogP contribution in [0.5, 0.6) is 0 Å². The molecule has 0 N–H and O–H groups in total. The fraction of sp³-hybridized carbons (Fsp3) is 0.148. The number of rotatable bonds is 3. The van der Waals surface area contributed by atoms with Crippen LogP contribution in [-0.4, -0.2) is 28.5 Å². The van der Waals surface area contributed by atoms with Gasteiger partial charge < -0.3 is 4.90 Å². The van der Waals surface area contributed by atoms with Gasteiger partial charge >= 0.3 is 0 Å². The van der Waals surface area contributed by atoms with Crippen molar-refractivity contribution in [3.63, 3.8) is 0 Å². The van der Waals surface area contributed by atoms with E-state index in [-0.39, 0.29) is 28.2 Å². The van der Waals surface area contributed by atoms with E-state index in [4.69, 9.17) is 23.2 Å². The highest BCUT2D eigenvalue weighted by molar-refractivity contribution is 9.10. The molecule has 0 aliphatic carbocycles. The maximum absolute atomic E-state index is 13.9. The smallest absolute Gasteiger partial charge is 0.240 e. The molecule has 8 heteroatoms. The van der Waals surface area contributed by atoms with Crippen LogP contribution in [0.4, 0.5) is 5.69 Å². The molecule has 2 amide bonds. The summed E-state index contributed by atoms with van der Waals surface area (Å²) in [5, 5.41) is 0.625. The van der Waals surface area contributed by atoms with Crippen molar-refractivity contribution in [3.05, 3.63) is 104 Å². The second-order valence-corrected chi connectivity index (χ2v) is 10.6. The minimum atomic E-state index is -0.884. The molecule has 4 atom stereocenters. The van der Waals surface area contributed by atoms with E-state index in [0.29, 0.717) is 10.7 Å². The average Bonchev–Trinajstić information content (AvgIpc) is 3.32. The molecule has 0 aromatic heterocycles. The van der Waals surface area contributed by atoms with Crippen LogP contribution in [0, 0.1) is 11.8 Å². The van der Waals surface area contributed by atoms with Gasteiger partial charge in [-0.05, 0) is 59.7 Å². The van der Waals surface area contributed by atoms with Crippen LogP contribution in [0.2, 0.25) is 10.0 Å². The van der Waals surface area contributed by atoms with Gasteiger partial charge in [-0.2, -0.15) is 0 Å². The summed E-state index contributed by atoms with van der Waals surface area (Å²) in [6, 6.07) is 18.1. The number of halogens is 3. The van der Waals surface area contributed by atoms with E-state index < -0.39 is 23.9 Å². The number of hydrogen-bond acceptors (Lipinski definition) is 4. The van der Waals surface area contributed by atoms with E-state index in [1.807, 2.05) is 41.4 Å². The Morgan fingerprint density at radius 1 is 0.886 bits per heavy atom. The van der Waals surface area contributed by atoms with Gasteiger partial charge in [0.25, 0.3) is 0 Å². The van der Waals surface area contributed by atoms with Crippen molar-refractivity contribution in [2.24, 2.45) is 11.8 Å². The lowest BCUT2D eigenvalue weighted by Gasteiger charge is -2.35. The quantitative estimate of drug-likeness (QED) is 0.281. The first-order chi connectivity index (χ1) is 16.9. The largest absolute Gasteiger partial charge is 0.358 e. The first-order valence-corrected chi connectivity index (χ1v) is 12.6. The fourth-order valence-corrected chi connectivity index (χ4v) is 6.32. The van der Waals surface area contributed by atoms with Crippen molar-refractivity contribution in [2.75, 3.05) is 4.90 Å². The topological polar surface area (TPSA) is 57.7 Å². The van der Waals surface area contributed by atoms with Gasteiger partial charge in [-0.15, -0.1) is 0 Å². The van der Waals surface area contributed by atoms with Gasteiger partial charge in [0.2, 0.25) is 11.8 Å². The molecule has 0 spiro atoms. The molecule has 3 aliphatic heterocycles. The lowest BCUT2D eigenvalue weighted by atomic mass is 9.83. The Morgan fingerprint density at radius 2 is 1.60 bits per heavy atom. The Balaban J connectivity index is 1.50. The predicted molar refractivity (Wildman–Crippen MR) is 138 cm³/mol. The molecule has 2 saturated heterocycles. The van der Waals surface area contributed by atoms with Crippen molar-refractivity contribution < 1.29 is 14.4 Å². The number of benzene rings is 3. The SMILES string of the molecule is O=C(c1ccc(Cl)cc1Cl)[C@@H]1[C@@H]2C(=O)N(c3ccc(Br)cc3)C(=O)[C@H]2[C@@H]2c3ccccc3C=CN12. The summed E-state index contributed by atoms with van der Waals surface area (Å²) in [6.07, 6.45) is 3.74. The first-order valence-electron chi connectivity index (χ1n) is 11.0. The fourth-order valence-electron chi connectivity index (χ4n) is 5.55. The van der Waals surface area contributed by atoms with Crippen LogP contribution >= 0.6 is 39.1 Å². The average molecular weight is 568 g/mol. The third-order valence-electron chi connectivity index (χ3n) is 7.01. The highest BCUT2D eigenvalue weighted by Crippen LogP contribution is 2.54. The number of anilines is 1. The van der Waals surface area contributed by atoms with E-state index in [9.17, 15) is 14.4 Å². The Bertz CT molecular complexity index is 1440. The van der Waals surface area contributed by atoms with Crippen LogP contribution in [0.3, 0.4) is 0 Å². The maximum atomic E-state index is 13.9. The van der Waals surface area contributed by atoms with Gasteiger partial charge in [0.15, 0.2) is 5.78 Å². The number of ketones is 1. The lowest BCUT2D eigenvalue weighted by molar-refractivity contribution is -0.123. The Labute approximate surface area is 220 Å². The van der Waals surface area contributed by atoms with Crippen molar-refractivity contribution >= 4 is 68.5 Å². The normalized spacial score (nSPS) is 24.4. The molecule has 3 aromatic rings. The number of nitrogens with zero attached hydrogens (tertiary/aromatic N) is 2. The molecule has 0 bridgehead atoms. The summed E-state index contributed by atoms with van der Waals surface area (Å²) >= 11 is 15.8. The molecular weight excluding hydrogens is 551 g/mol. The first kappa shape index (κ1) is 22.5. The number of amides is 2. The third-order valence-corrected chi connectivity index (χ3v) is 8.09. The van der Waals surface area contributed by atoms with Crippen molar-refractivity contribution in [2.45, 2.75) is 12.1 Å². The van der Waals surface area contributed by atoms with E-state index in [2.05, 4.69) is 15.9 Å². The Hall–Kier alpha value is -2.93. The molecule has 5 nitrogen and oxygen atoms in total. The van der Waals surface area contributed by atoms with Gasteiger partial charge in [-0.25, -0.2) is 4.90 Å². The number of fused-ring (bicyclic) bond motifs is 5. The summed E-state index contributed by atoms with van der Waals surface area (Å²) in [5.41, 5.74) is 2.64. The number of carbonyl (C=O) groups excluding carboxylic acids is 3. The molecule has 174 valence electrons.